The van der Waals surface area contributed by atoms with Gasteiger partial charge in [-0.25, -0.2) is 9.78 Å². The number of fused-ring (bicyclic) bond motifs is 1. The fourth-order valence-corrected chi connectivity index (χ4v) is 3.01. The summed E-state index contributed by atoms with van der Waals surface area (Å²) in [5.41, 5.74) is 9.34. The number of H-pyrrole nitrogens is 2. The number of aromatic nitrogens is 3. The summed E-state index contributed by atoms with van der Waals surface area (Å²) in [6, 6.07) is 15.2. The van der Waals surface area contributed by atoms with Crippen molar-refractivity contribution in [2.24, 2.45) is 5.73 Å². The van der Waals surface area contributed by atoms with Crippen molar-refractivity contribution < 1.29 is 9.53 Å². The van der Waals surface area contributed by atoms with Crippen molar-refractivity contribution in [3.63, 3.8) is 0 Å². The highest BCUT2D eigenvalue weighted by atomic mass is 79.9. The van der Waals surface area contributed by atoms with Gasteiger partial charge in [0.2, 0.25) is 0 Å². The molecule has 0 atom stereocenters. The Balaban J connectivity index is 1.82. The van der Waals surface area contributed by atoms with Crippen LogP contribution in [0.1, 0.15) is 0 Å². The standard InChI is InChI=1S/C18H13BrN4O2/c19-11-6-4-10(5-7-11)15-12(8-9-21-15)17-22-13-2-1-3-14(16(13)23-17)25-18(20)24/h1-9,21H,(H2,20,24)(H,22,23). The van der Waals surface area contributed by atoms with Crippen molar-refractivity contribution in [2.75, 3.05) is 0 Å². The first-order chi connectivity index (χ1) is 12.1. The minimum atomic E-state index is -0.866. The Kier molecular flexibility index (Phi) is 3.77. The number of imidazole rings is 1. The molecule has 0 fully saturated rings. The van der Waals surface area contributed by atoms with Gasteiger partial charge in [-0.3, -0.25) is 0 Å². The maximum absolute atomic E-state index is 11.1. The summed E-state index contributed by atoms with van der Waals surface area (Å²) in [4.78, 5) is 22.2. The Labute approximate surface area is 151 Å². The highest BCUT2D eigenvalue weighted by molar-refractivity contribution is 9.10. The molecule has 1 amide bonds. The summed E-state index contributed by atoms with van der Waals surface area (Å²) in [7, 11) is 0. The van der Waals surface area contributed by atoms with Crippen molar-refractivity contribution >= 4 is 33.1 Å². The predicted molar refractivity (Wildman–Crippen MR) is 99.2 cm³/mol. The lowest BCUT2D eigenvalue weighted by Crippen LogP contribution is -2.16. The monoisotopic (exact) mass is 396 g/mol. The van der Waals surface area contributed by atoms with E-state index in [1.54, 1.807) is 12.1 Å². The molecule has 0 saturated heterocycles. The summed E-state index contributed by atoms with van der Waals surface area (Å²) < 4.78 is 6.04. The van der Waals surface area contributed by atoms with Crippen molar-refractivity contribution in [1.29, 1.82) is 0 Å². The van der Waals surface area contributed by atoms with Gasteiger partial charge < -0.3 is 20.4 Å². The van der Waals surface area contributed by atoms with Crippen LogP contribution >= 0.6 is 15.9 Å². The Morgan fingerprint density at radius 2 is 1.92 bits per heavy atom. The van der Waals surface area contributed by atoms with Gasteiger partial charge in [0.15, 0.2) is 5.75 Å². The number of ether oxygens (including phenoxy) is 1. The smallest absolute Gasteiger partial charge is 0.408 e. The van der Waals surface area contributed by atoms with E-state index in [0.29, 0.717) is 17.1 Å². The molecule has 6 nitrogen and oxygen atoms in total. The molecule has 2 aromatic heterocycles. The summed E-state index contributed by atoms with van der Waals surface area (Å²) in [6.45, 7) is 0. The second-order valence-corrected chi connectivity index (χ2v) is 6.35. The van der Waals surface area contributed by atoms with E-state index in [1.807, 2.05) is 42.6 Å². The van der Waals surface area contributed by atoms with Crippen LogP contribution in [0.3, 0.4) is 0 Å². The lowest BCUT2D eigenvalue weighted by molar-refractivity contribution is 0.211. The summed E-state index contributed by atoms with van der Waals surface area (Å²) in [5, 5.41) is 0. The van der Waals surface area contributed by atoms with Gasteiger partial charge >= 0.3 is 6.09 Å². The Morgan fingerprint density at radius 1 is 1.12 bits per heavy atom. The molecular formula is C18H13BrN4O2. The van der Waals surface area contributed by atoms with E-state index in [0.717, 1.165) is 26.8 Å². The first kappa shape index (κ1) is 15.5. The number of carbonyl (C=O) groups is 1. The number of benzene rings is 2. The van der Waals surface area contributed by atoms with Crippen LogP contribution in [0.25, 0.3) is 33.7 Å². The molecule has 4 aromatic rings. The van der Waals surface area contributed by atoms with E-state index in [1.165, 1.54) is 0 Å². The molecule has 0 bridgehead atoms. The number of hydrogen-bond acceptors (Lipinski definition) is 3. The number of nitrogens with zero attached hydrogens (tertiary/aromatic N) is 1. The van der Waals surface area contributed by atoms with Gasteiger partial charge in [0.1, 0.15) is 11.3 Å². The minimum Gasteiger partial charge on any atom is -0.408 e. The quantitative estimate of drug-likeness (QED) is 0.477. The number of amides is 1. The third-order valence-corrected chi connectivity index (χ3v) is 4.35. The normalized spacial score (nSPS) is 10.9. The number of primary amides is 1. The molecule has 124 valence electrons. The number of nitrogens with two attached hydrogens (primary N) is 1. The van der Waals surface area contributed by atoms with Crippen molar-refractivity contribution in [1.82, 2.24) is 15.0 Å². The van der Waals surface area contributed by atoms with Gasteiger partial charge in [-0.2, -0.15) is 0 Å². The van der Waals surface area contributed by atoms with E-state index < -0.39 is 6.09 Å². The number of aromatic amines is 2. The number of rotatable bonds is 3. The number of nitrogens with one attached hydrogen (secondary N) is 2. The van der Waals surface area contributed by atoms with Crippen LogP contribution in [0.15, 0.2) is 59.2 Å². The van der Waals surface area contributed by atoms with E-state index >= 15 is 0 Å². The van der Waals surface area contributed by atoms with Gasteiger partial charge in [-0.05, 0) is 35.9 Å². The van der Waals surface area contributed by atoms with Crippen LogP contribution in [0, 0.1) is 0 Å². The summed E-state index contributed by atoms with van der Waals surface area (Å²) >= 11 is 3.44. The van der Waals surface area contributed by atoms with Crippen LogP contribution < -0.4 is 10.5 Å². The SMILES string of the molecule is NC(=O)Oc1cccc2[nH]c(-c3cc[nH]c3-c3ccc(Br)cc3)nc12. The Hall–Kier alpha value is -3.06. The van der Waals surface area contributed by atoms with Gasteiger partial charge in [-0.15, -0.1) is 0 Å². The van der Waals surface area contributed by atoms with Gasteiger partial charge in [-0.1, -0.05) is 34.1 Å². The van der Waals surface area contributed by atoms with E-state index in [-0.39, 0.29) is 0 Å². The van der Waals surface area contributed by atoms with Crippen molar-refractivity contribution in [3.05, 3.63) is 59.2 Å². The lowest BCUT2D eigenvalue weighted by Gasteiger charge is -2.02. The molecule has 0 spiro atoms. The predicted octanol–water partition coefficient (Wildman–Crippen LogP) is 4.45. The lowest BCUT2D eigenvalue weighted by atomic mass is 10.1. The molecule has 4 N–H and O–H groups in total. The first-order valence-corrected chi connectivity index (χ1v) is 8.31. The Morgan fingerprint density at radius 3 is 2.68 bits per heavy atom. The average molecular weight is 397 g/mol. The highest BCUT2D eigenvalue weighted by Crippen LogP contribution is 2.33. The van der Waals surface area contributed by atoms with Gasteiger partial charge in [0.25, 0.3) is 0 Å². The molecule has 0 aliphatic rings. The summed E-state index contributed by atoms with van der Waals surface area (Å²) in [5.74, 6) is 1.00. The molecule has 2 aromatic carbocycles. The fourth-order valence-electron chi connectivity index (χ4n) is 2.75. The topological polar surface area (TPSA) is 96.8 Å². The van der Waals surface area contributed by atoms with Crippen LogP contribution in [0.4, 0.5) is 4.79 Å². The van der Waals surface area contributed by atoms with Crippen LogP contribution in [-0.4, -0.2) is 21.0 Å². The first-order valence-electron chi connectivity index (χ1n) is 7.51. The van der Waals surface area contributed by atoms with Gasteiger partial charge in [0, 0.05) is 16.2 Å². The zero-order valence-electron chi connectivity index (χ0n) is 12.9. The van der Waals surface area contributed by atoms with Crippen molar-refractivity contribution in [3.8, 4) is 28.4 Å². The molecule has 0 saturated carbocycles. The molecule has 0 aliphatic carbocycles. The van der Waals surface area contributed by atoms with E-state index in [2.05, 4.69) is 30.9 Å². The maximum Gasteiger partial charge on any atom is 0.410 e. The van der Waals surface area contributed by atoms with E-state index in [9.17, 15) is 4.79 Å². The molecule has 25 heavy (non-hydrogen) atoms. The van der Waals surface area contributed by atoms with Crippen LogP contribution in [0.5, 0.6) is 5.75 Å². The fraction of sp³-hybridized carbons (Fsp3) is 0. The van der Waals surface area contributed by atoms with Gasteiger partial charge in [0.05, 0.1) is 11.2 Å². The third kappa shape index (κ3) is 2.89. The molecular weight excluding hydrogens is 384 g/mol. The molecule has 0 radical (unpaired) electrons. The van der Waals surface area contributed by atoms with Crippen LogP contribution in [-0.2, 0) is 0 Å². The van der Waals surface area contributed by atoms with Crippen molar-refractivity contribution in [2.45, 2.75) is 0 Å². The van der Waals surface area contributed by atoms with E-state index in [4.69, 9.17) is 10.5 Å². The summed E-state index contributed by atoms with van der Waals surface area (Å²) in [6.07, 6.45) is 0.995. The number of carbonyl (C=O) groups excluding carboxylic acids is 1. The molecule has 4 rings (SSSR count). The third-order valence-electron chi connectivity index (χ3n) is 3.82. The molecule has 7 heteroatoms. The second kappa shape index (κ2) is 6.10. The number of halogens is 1. The zero-order valence-corrected chi connectivity index (χ0v) is 14.5. The molecule has 0 unspecified atom stereocenters. The average Bonchev–Trinajstić information content (AvgIpc) is 3.21. The zero-order chi connectivity index (χ0) is 17.4. The highest BCUT2D eigenvalue weighted by Gasteiger charge is 2.15. The number of para-hydroxylation sites is 1. The number of hydrogen-bond donors (Lipinski definition) is 3. The minimum absolute atomic E-state index is 0.327. The maximum atomic E-state index is 11.1. The molecule has 2 heterocycles. The Bertz CT molecular complexity index is 1070. The second-order valence-electron chi connectivity index (χ2n) is 5.43. The largest absolute Gasteiger partial charge is 0.410 e. The van der Waals surface area contributed by atoms with Crippen LogP contribution in [0.2, 0.25) is 0 Å². The molecule has 0 aliphatic heterocycles.